The number of aldehydes is 2. The monoisotopic (exact) mass is 418 g/mol. The number of phenols is 1. The molecule has 0 bridgehead atoms. The van der Waals surface area contributed by atoms with Gasteiger partial charge in [-0.2, -0.15) is 0 Å². The SMILES string of the molecule is CCOC(=O)C(C)(C)Oc1cc(C=O)cc(OC)c1.COc1cc(O)cc(C=O)c1. The first-order valence-corrected chi connectivity index (χ1v) is 9.02. The quantitative estimate of drug-likeness (QED) is 0.513. The topological polar surface area (TPSA) is 108 Å². The van der Waals surface area contributed by atoms with Crippen LogP contribution in [0.2, 0.25) is 0 Å². The lowest BCUT2D eigenvalue weighted by atomic mass is 10.1. The minimum atomic E-state index is -1.14. The molecule has 8 nitrogen and oxygen atoms in total. The Morgan fingerprint density at radius 2 is 1.40 bits per heavy atom. The minimum Gasteiger partial charge on any atom is -0.508 e. The van der Waals surface area contributed by atoms with Gasteiger partial charge in [-0.05, 0) is 45.0 Å². The Balaban J connectivity index is 0.000000346. The zero-order valence-corrected chi connectivity index (χ0v) is 17.6. The van der Waals surface area contributed by atoms with Crippen LogP contribution >= 0.6 is 0 Å². The Labute approximate surface area is 175 Å². The molecular weight excluding hydrogens is 392 g/mol. The summed E-state index contributed by atoms with van der Waals surface area (Å²) in [6, 6.07) is 9.08. The second-order valence-corrected chi connectivity index (χ2v) is 6.47. The molecule has 0 aliphatic heterocycles. The van der Waals surface area contributed by atoms with Crippen molar-refractivity contribution in [2.75, 3.05) is 20.8 Å². The van der Waals surface area contributed by atoms with Crippen molar-refractivity contribution in [3.8, 4) is 23.0 Å². The smallest absolute Gasteiger partial charge is 0.349 e. The summed E-state index contributed by atoms with van der Waals surface area (Å²) in [4.78, 5) is 32.8. The highest BCUT2D eigenvalue weighted by molar-refractivity contribution is 5.80. The minimum absolute atomic E-state index is 0.0338. The highest BCUT2D eigenvalue weighted by Gasteiger charge is 2.31. The van der Waals surface area contributed by atoms with Gasteiger partial charge in [0.2, 0.25) is 0 Å². The van der Waals surface area contributed by atoms with E-state index in [0.717, 1.165) is 0 Å². The van der Waals surface area contributed by atoms with Crippen molar-refractivity contribution < 1.29 is 38.4 Å². The van der Waals surface area contributed by atoms with Gasteiger partial charge in [0, 0.05) is 23.3 Å². The van der Waals surface area contributed by atoms with Gasteiger partial charge < -0.3 is 24.1 Å². The fraction of sp³-hybridized carbons (Fsp3) is 0.318. The lowest BCUT2D eigenvalue weighted by Gasteiger charge is -2.24. The molecule has 0 radical (unpaired) electrons. The van der Waals surface area contributed by atoms with Gasteiger partial charge in [-0.1, -0.05) is 0 Å². The number of hydrogen-bond acceptors (Lipinski definition) is 8. The molecule has 0 atom stereocenters. The van der Waals surface area contributed by atoms with Crippen LogP contribution in [0.3, 0.4) is 0 Å². The lowest BCUT2D eigenvalue weighted by molar-refractivity contribution is -0.158. The molecule has 30 heavy (non-hydrogen) atoms. The Morgan fingerprint density at radius 1 is 0.900 bits per heavy atom. The largest absolute Gasteiger partial charge is 0.508 e. The van der Waals surface area contributed by atoms with E-state index in [2.05, 4.69) is 0 Å². The van der Waals surface area contributed by atoms with Gasteiger partial charge in [0.05, 0.1) is 20.8 Å². The number of hydrogen-bond donors (Lipinski definition) is 1. The maximum atomic E-state index is 11.7. The molecule has 162 valence electrons. The van der Waals surface area contributed by atoms with E-state index in [4.69, 9.17) is 24.1 Å². The summed E-state index contributed by atoms with van der Waals surface area (Å²) in [5.74, 6) is 0.905. The van der Waals surface area contributed by atoms with E-state index in [9.17, 15) is 14.4 Å². The van der Waals surface area contributed by atoms with E-state index >= 15 is 0 Å². The van der Waals surface area contributed by atoms with Crippen molar-refractivity contribution in [1.29, 1.82) is 0 Å². The Hall–Kier alpha value is -3.55. The number of ether oxygens (including phenoxy) is 4. The summed E-state index contributed by atoms with van der Waals surface area (Å²) in [7, 11) is 2.97. The predicted octanol–water partition coefficient (Wildman–Crippen LogP) is 3.44. The number of aromatic hydroxyl groups is 1. The highest BCUT2D eigenvalue weighted by Crippen LogP contribution is 2.26. The van der Waals surface area contributed by atoms with E-state index < -0.39 is 11.6 Å². The van der Waals surface area contributed by atoms with Crippen molar-refractivity contribution in [2.45, 2.75) is 26.4 Å². The van der Waals surface area contributed by atoms with Crippen LogP contribution in [-0.4, -0.2) is 50.1 Å². The zero-order chi connectivity index (χ0) is 22.7. The molecule has 0 aliphatic rings. The maximum absolute atomic E-state index is 11.7. The standard InChI is InChI=1S/C14H18O5.C8H8O3/c1-5-18-13(16)14(2,3)19-12-7-10(9-15)6-11(8-12)17-4;1-11-8-3-6(5-9)2-7(10)4-8/h6-9H,5H2,1-4H3;2-5,10H,1H3. The van der Waals surface area contributed by atoms with Gasteiger partial charge in [-0.3, -0.25) is 9.59 Å². The summed E-state index contributed by atoms with van der Waals surface area (Å²) in [6.07, 6.45) is 1.34. The fourth-order valence-corrected chi connectivity index (χ4v) is 2.27. The summed E-state index contributed by atoms with van der Waals surface area (Å²) >= 11 is 0. The molecule has 0 fully saturated rings. The predicted molar refractivity (Wildman–Crippen MR) is 110 cm³/mol. The number of phenolic OH excluding ortho intramolecular Hbond substituents is 1. The third-order valence-electron chi connectivity index (χ3n) is 3.70. The molecule has 2 aromatic rings. The molecule has 0 spiro atoms. The number of esters is 1. The first kappa shape index (κ1) is 24.5. The van der Waals surface area contributed by atoms with Crippen LogP contribution in [0.5, 0.6) is 23.0 Å². The van der Waals surface area contributed by atoms with Crippen molar-refractivity contribution in [3.63, 3.8) is 0 Å². The third-order valence-corrected chi connectivity index (χ3v) is 3.70. The van der Waals surface area contributed by atoms with Crippen molar-refractivity contribution in [1.82, 2.24) is 0 Å². The summed E-state index contributed by atoms with van der Waals surface area (Å²) in [5.41, 5.74) is -0.321. The third kappa shape index (κ3) is 7.46. The number of carbonyl (C=O) groups excluding carboxylic acids is 3. The Kier molecular flexibility index (Phi) is 9.35. The summed E-state index contributed by atoms with van der Waals surface area (Å²) in [5, 5.41) is 9.02. The van der Waals surface area contributed by atoms with E-state index in [0.29, 0.717) is 40.9 Å². The van der Waals surface area contributed by atoms with Crippen LogP contribution in [0.15, 0.2) is 36.4 Å². The van der Waals surface area contributed by atoms with Crippen LogP contribution in [0.25, 0.3) is 0 Å². The van der Waals surface area contributed by atoms with Crippen molar-refractivity contribution in [3.05, 3.63) is 47.5 Å². The van der Waals surface area contributed by atoms with Crippen LogP contribution in [-0.2, 0) is 9.53 Å². The van der Waals surface area contributed by atoms with Gasteiger partial charge in [0.25, 0.3) is 0 Å². The molecule has 0 aliphatic carbocycles. The molecule has 0 unspecified atom stereocenters. The van der Waals surface area contributed by atoms with Crippen LogP contribution in [0.1, 0.15) is 41.5 Å². The first-order valence-electron chi connectivity index (χ1n) is 9.02. The summed E-state index contributed by atoms with van der Waals surface area (Å²) < 4.78 is 20.4. The molecule has 0 amide bonds. The number of carbonyl (C=O) groups is 3. The molecule has 0 aromatic heterocycles. The summed E-state index contributed by atoms with van der Waals surface area (Å²) in [6.45, 7) is 5.21. The molecule has 0 saturated carbocycles. The van der Waals surface area contributed by atoms with E-state index in [1.165, 1.54) is 32.4 Å². The average molecular weight is 418 g/mol. The highest BCUT2D eigenvalue weighted by atomic mass is 16.6. The number of rotatable bonds is 8. The van der Waals surface area contributed by atoms with Gasteiger partial charge in [-0.25, -0.2) is 4.79 Å². The van der Waals surface area contributed by atoms with Crippen LogP contribution < -0.4 is 14.2 Å². The van der Waals surface area contributed by atoms with E-state index in [1.54, 1.807) is 39.0 Å². The zero-order valence-electron chi connectivity index (χ0n) is 17.6. The lowest BCUT2D eigenvalue weighted by Crippen LogP contribution is -2.39. The maximum Gasteiger partial charge on any atom is 0.349 e. The second kappa shape index (κ2) is 11.5. The van der Waals surface area contributed by atoms with Gasteiger partial charge in [-0.15, -0.1) is 0 Å². The average Bonchev–Trinajstić information content (AvgIpc) is 2.73. The van der Waals surface area contributed by atoms with Gasteiger partial charge in [0.1, 0.15) is 35.6 Å². The van der Waals surface area contributed by atoms with Crippen LogP contribution in [0, 0.1) is 0 Å². The van der Waals surface area contributed by atoms with Crippen molar-refractivity contribution in [2.24, 2.45) is 0 Å². The first-order chi connectivity index (χ1) is 14.2. The van der Waals surface area contributed by atoms with E-state index in [1.807, 2.05) is 0 Å². The van der Waals surface area contributed by atoms with Gasteiger partial charge >= 0.3 is 5.97 Å². The van der Waals surface area contributed by atoms with E-state index in [-0.39, 0.29) is 12.4 Å². The Morgan fingerprint density at radius 3 is 1.90 bits per heavy atom. The molecular formula is C22H26O8. The molecule has 0 heterocycles. The van der Waals surface area contributed by atoms with Gasteiger partial charge in [0.15, 0.2) is 5.60 Å². The molecule has 8 heteroatoms. The molecule has 2 aromatic carbocycles. The van der Waals surface area contributed by atoms with Crippen LogP contribution in [0.4, 0.5) is 0 Å². The number of methoxy groups -OCH3 is 2. The molecule has 1 N–H and O–H groups in total. The molecule has 0 saturated heterocycles. The van der Waals surface area contributed by atoms with Crippen molar-refractivity contribution >= 4 is 18.5 Å². The Bertz CT molecular complexity index is 873. The second-order valence-electron chi connectivity index (χ2n) is 6.47. The number of benzene rings is 2. The normalized spacial score (nSPS) is 10.2. The molecule has 2 rings (SSSR count). The fourth-order valence-electron chi connectivity index (χ4n) is 2.27.